The fourth-order valence-electron chi connectivity index (χ4n) is 14.6. The van der Waals surface area contributed by atoms with Gasteiger partial charge in [-0.3, -0.25) is 68.2 Å². The van der Waals surface area contributed by atoms with Crippen LogP contribution in [0.25, 0.3) is 32.7 Å². The fourth-order valence-corrected chi connectivity index (χ4v) is 14.6. The highest BCUT2D eigenvalue weighted by Gasteiger charge is 2.37. The third kappa shape index (κ3) is 18.8. The van der Waals surface area contributed by atoms with Gasteiger partial charge in [0.05, 0.1) is 65.7 Å². The molecule has 0 spiro atoms. The maximum Gasteiger partial charge on any atom is 0.357 e. The molecule has 0 bridgehead atoms. The Morgan fingerprint density at radius 1 is 0.397 bits per heavy atom. The van der Waals surface area contributed by atoms with Crippen molar-refractivity contribution in [3.8, 4) is 17.2 Å². The Hall–Kier alpha value is -13.3. The normalized spacial score (nSPS) is 13.3. The minimum absolute atomic E-state index is 0. The monoisotopic (exact) mass is 1580 g/mol. The van der Waals surface area contributed by atoms with E-state index < -0.39 is 54.3 Å². The highest BCUT2D eigenvalue weighted by molar-refractivity contribution is 6.01. The zero-order valence-electron chi connectivity index (χ0n) is 63.9. The largest absolute Gasteiger partial charge is 0.497 e. The van der Waals surface area contributed by atoms with Crippen molar-refractivity contribution in [3.05, 3.63) is 294 Å². The molecule has 8 aromatic carbocycles. The Kier molecular flexibility index (Phi) is 28.4. The summed E-state index contributed by atoms with van der Waals surface area (Å²) in [5.74, 6) is 1.24. The first-order chi connectivity index (χ1) is 54.3. The second kappa shape index (κ2) is 38.0. The number of hydrogen-bond donors (Lipinski definition) is 0. The number of nitro groups is 3. The third-order valence-electron chi connectivity index (χ3n) is 20.5. The number of carbonyl (C=O) groups is 3. The first kappa shape index (κ1) is 86.7. The van der Waals surface area contributed by atoms with Crippen LogP contribution < -0.4 is 45.6 Å². The number of aromatic nitrogens is 3. The van der Waals surface area contributed by atoms with Crippen LogP contribution in [0.15, 0.2) is 196 Å². The predicted octanol–water partition coefficient (Wildman–Crippen LogP) is 13.3. The van der Waals surface area contributed by atoms with E-state index in [2.05, 4.69) is 0 Å². The van der Waals surface area contributed by atoms with Gasteiger partial charge in [0.25, 0.3) is 17.7 Å². The fraction of sp³-hybridized carbons (Fsp3) is 0.310. The van der Waals surface area contributed by atoms with E-state index in [1.165, 1.54) is 25.8 Å². The first-order valence-electron chi connectivity index (χ1n) is 36.8. The Bertz CT molecular complexity index is 5600. The van der Waals surface area contributed by atoms with Gasteiger partial charge in [0, 0.05) is 124 Å². The number of benzene rings is 8. The van der Waals surface area contributed by atoms with Gasteiger partial charge in [-0.05, 0) is 167 Å². The van der Waals surface area contributed by atoms with Crippen molar-refractivity contribution in [2.45, 2.75) is 62.7 Å². The van der Waals surface area contributed by atoms with Crippen molar-refractivity contribution in [1.82, 2.24) is 33.3 Å². The Labute approximate surface area is 671 Å². The molecule has 3 aliphatic rings. The van der Waals surface area contributed by atoms with Crippen molar-refractivity contribution in [3.63, 3.8) is 0 Å². The molecule has 11 aromatic rings. The summed E-state index contributed by atoms with van der Waals surface area (Å²) < 4.78 is 33.3. The minimum atomic E-state index is -0.729. The van der Waals surface area contributed by atoms with Crippen molar-refractivity contribution >= 4 is 84.6 Å². The minimum Gasteiger partial charge on any atom is -0.497 e. The van der Waals surface area contributed by atoms with Crippen LogP contribution in [0.3, 0.4) is 0 Å². The SMILES string of the molecule is C.C.C.COc1ccc(C(=O)N2CCN(c3c([N+](=O)[O-])c(=O)n(CCN(C)C)c4ccc(C)cc34)CC2)cc1.COc1ccc(C(=O)N2CCN(c3c([N+](=O)[O-])c(=O)n(Cc4ccc(F)cc4)c4ccc(C)cc34)CC2)cc1.COc1ccc(C(=O)N2CCN(c3c([N+](=O)[O-])c(=O)n(Cc4ccccc4)c4ccc(C)cc34)CC2)cc1. The van der Waals surface area contributed by atoms with Crippen molar-refractivity contribution in [2.75, 3.05) is 135 Å². The number of nitrogens with zero attached hydrogens (tertiary/aromatic N) is 13. The molecule has 0 saturated carbocycles. The molecule has 116 heavy (non-hydrogen) atoms. The van der Waals surface area contributed by atoms with Crippen molar-refractivity contribution in [2.24, 2.45) is 0 Å². The zero-order valence-corrected chi connectivity index (χ0v) is 63.9. The van der Waals surface area contributed by atoms with Crippen LogP contribution in [0.5, 0.6) is 17.2 Å². The number of anilines is 3. The second-order valence-corrected chi connectivity index (χ2v) is 28.1. The molecule has 608 valence electrons. The van der Waals surface area contributed by atoms with Crippen molar-refractivity contribution < 1.29 is 47.8 Å². The maximum absolute atomic E-state index is 13.6. The van der Waals surface area contributed by atoms with Crippen LogP contribution in [0.2, 0.25) is 0 Å². The number of hydrogen-bond acceptors (Lipinski definition) is 19. The summed E-state index contributed by atoms with van der Waals surface area (Å²) in [4.78, 5) is 127. The Balaban J connectivity index is 0.000000196. The number of fused-ring (bicyclic) bond motifs is 3. The molecule has 3 fully saturated rings. The molecule has 3 saturated heterocycles. The Morgan fingerprint density at radius 2 is 0.681 bits per heavy atom. The lowest BCUT2D eigenvalue weighted by Gasteiger charge is -2.36. The quantitative estimate of drug-likeness (QED) is 0.0536. The topological polar surface area (TPSA) is 297 Å². The van der Waals surface area contributed by atoms with Gasteiger partial charge in [-0.2, -0.15) is 0 Å². The number of carbonyl (C=O) groups excluding carboxylic acids is 3. The molecule has 28 nitrogen and oxygen atoms in total. The highest BCUT2D eigenvalue weighted by Crippen LogP contribution is 2.39. The molecule has 0 N–H and O–H groups in total. The molecule has 0 atom stereocenters. The van der Waals surface area contributed by atoms with Crippen LogP contribution in [-0.2, 0) is 19.6 Å². The van der Waals surface area contributed by atoms with Crippen molar-refractivity contribution in [1.29, 1.82) is 0 Å². The van der Waals surface area contributed by atoms with Crippen LogP contribution >= 0.6 is 0 Å². The van der Waals surface area contributed by atoms with E-state index in [0.29, 0.717) is 175 Å². The van der Waals surface area contributed by atoms with Gasteiger partial charge in [0.15, 0.2) is 0 Å². The second-order valence-electron chi connectivity index (χ2n) is 28.1. The zero-order chi connectivity index (χ0) is 80.5. The van der Waals surface area contributed by atoms with Crippen LogP contribution in [0.1, 0.15) is 81.2 Å². The van der Waals surface area contributed by atoms with E-state index in [-0.39, 0.29) is 58.8 Å². The third-order valence-corrected chi connectivity index (χ3v) is 20.5. The summed E-state index contributed by atoms with van der Waals surface area (Å²) in [7, 11) is 8.49. The lowest BCUT2D eigenvalue weighted by Crippen LogP contribution is -2.49. The van der Waals surface area contributed by atoms with E-state index in [1.54, 1.807) is 127 Å². The summed E-state index contributed by atoms with van der Waals surface area (Å²) in [6.07, 6.45) is 0. The van der Waals surface area contributed by atoms with Gasteiger partial charge in [-0.25, -0.2) is 4.39 Å². The van der Waals surface area contributed by atoms with Gasteiger partial charge >= 0.3 is 33.7 Å². The van der Waals surface area contributed by atoms with E-state index >= 15 is 0 Å². The summed E-state index contributed by atoms with van der Waals surface area (Å²) in [6.45, 7) is 11.3. The number of methoxy groups -OCH3 is 3. The van der Waals surface area contributed by atoms with Crippen LogP contribution in [0.4, 0.5) is 38.5 Å². The molecular formula is C87H98FN13O15. The van der Waals surface area contributed by atoms with E-state index in [4.69, 9.17) is 14.2 Å². The lowest BCUT2D eigenvalue weighted by atomic mass is 10.1. The van der Waals surface area contributed by atoms with E-state index in [0.717, 1.165) is 22.3 Å². The highest BCUT2D eigenvalue weighted by atomic mass is 19.1. The molecule has 14 rings (SSSR count). The molecule has 0 radical (unpaired) electrons. The van der Waals surface area contributed by atoms with Gasteiger partial charge in [0.2, 0.25) is 0 Å². The van der Waals surface area contributed by atoms with Gasteiger partial charge in [-0.1, -0.05) is 99.6 Å². The molecule has 3 amide bonds. The number of piperazine rings is 3. The number of aryl methyl sites for hydroxylation is 3. The molecular weight excluding hydrogens is 1490 g/mol. The lowest BCUT2D eigenvalue weighted by molar-refractivity contribution is -0.385. The average molecular weight is 1580 g/mol. The number of rotatable bonds is 19. The van der Waals surface area contributed by atoms with Gasteiger partial charge < -0.3 is 53.1 Å². The molecule has 6 heterocycles. The van der Waals surface area contributed by atoms with Gasteiger partial charge in [0.1, 0.15) is 40.1 Å². The maximum atomic E-state index is 13.6. The average Bonchev–Trinajstić information content (AvgIpc) is 0.755. The number of ether oxygens (including phenoxy) is 3. The first-order valence-corrected chi connectivity index (χ1v) is 36.8. The molecule has 3 aliphatic heterocycles. The van der Waals surface area contributed by atoms with E-state index in [9.17, 15) is 63.5 Å². The summed E-state index contributed by atoms with van der Waals surface area (Å²) in [6, 6.07) is 52.7. The van der Waals surface area contributed by atoms with E-state index in [1.807, 2.05) is 133 Å². The van der Waals surface area contributed by atoms with Gasteiger partial charge in [-0.15, -0.1) is 0 Å². The summed E-state index contributed by atoms with van der Waals surface area (Å²) in [5.41, 5.74) is 5.37. The summed E-state index contributed by atoms with van der Waals surface area (Å²) >= 11 is 0. The smallest absolute Gasteiger partial charge is 0.357 e. The predicted molar refractivity (Wildman–Crippen MR) is 452 cm³/mol. The number of halogens is 1. The Morgan fingerprint density at radius 3 is 0.966 bits per heavy atom. The van der Waals surface area contributed by atoms with Crippen LogP contribution in [0, 0.1) is 56.9 Å². The van der Waals surface area contributed by atoms with Crippen LogP contribution in [-0.4, -0.2) is 186 Å². The molecule has 0 unspecified atom stereocenters. The molecule has 0 aliphatic carbocycles. The number of amides is 3. The summed E-state index contributed by atoms with van der Waals surface area (Å²) in [5, 5.41) is 38.7. The standard InChI is InChI=1S/C29H27FN4O5.C29H28N4O5.C26H31N5O5.3CH4/c1-19-3-12-25-24(17-19)26(27(34(37)38)29(36)33(25)18-20-4-8-22(30)9-5-20)31-13-15-32(16-14-31)28(35)21-6-10-23(39-2)11-7-21;1-20-8-13-25-24(18-20)26(27(33(36)37)29(35)32(25)19-21-6-4-3-5-7-21)30-14-16-31(17-15-30)28(34)22-9-11-23(38-2)12-10-22;1-18-5-10-22-21(17-18)23(24(31(34)35)26(33)30(22)16-11-27(2)3)28-12-14-29(15-13-28)25(32)19-6-8-20(36-4)9-7-19;;;/h3-12,17H,13-16,18H2,1-2H3;3-13,18H,14-17,19H2,1-2H3;5-10,17H,11-16H2,1-4H3;3*1H4. The number of likely N-dealkylation sites (N-methyl/N-ethyl adjacent to an activating group) is 1. The molecule has 29 heteroatoms. The molecule has 3 aromatic heterocycles. The number of pyridine rings is 3.